The van der Waals surface area contributed by atoms with Crippen LogP contribution in [0.3, 0.4) is 0 Å². The number of aromatic nitrogens is 2. The first-order valence-electron chi connectivity index (χ1n) is 5.88. The molecular weight excluding hydrogens is 200 g/mol. The molecule has 3 N–H and O–H groups in total. The van der Waals surface area contributed by atoms with Crippen molar-refractivity contribution in [1.29, 1.82) is 0 Å². The van der Waals surface area contributed by atoms with Crippen molar-refractivity contribution in [3.8, 4) is 0 Å². The van der Waals surface area contributed by atoms with E-state index < -0.39 is 0 Å². The topological polar surface area (TPSA) is 63.8 Å². The van der Waals surface area contributed by atoms with Gasteiger partial charge in [0.05, 0.1) is 23.6 Å². The van der Waals surface area contributed by atoms with E-state index in [2.05, 4.69) is 29.2 Å². The lowest BCUT2D eigenvalue weighted by atomic mass is 10.0. The summed E-state index contributed by atoms with van der Waals surface area (Å²) in [6.45, 7) is 6.40. The third-order valence-corrected chi connectivity index (χ3v) is 2.63. The monoisotopic (exact) mass is 222 g/mol. The van der Waals surface area contributed by atoms with Crippen molar-refractivity contribution in [3.05, 3.63) is 23.8 Å². The molecule has 1 aromatic rings. The van der Waals surface area contributed by atoms with Crippen molar-refractivity contribution in [2.24, 2.45) is 11.8 Å². The molecule has 4 heteroatoms. The SMILES string of the molecule is Cc1cnc(C(CCCC(C)C)NN)cn1. The molecule has 0 fully saturated rings. The number of aryl methyl sites for hydroxylation is 1. The van der Waals surface area contributed by atoms with Gasteiger partial charge in [-0.1, -0.05) is 26.7 Å². The molecule has 0 bridgehead atoms. The van der Waals surface area contributed by atoms with Crippen LogP contribution in [0.4, 0.5) is 0 Å². The van der Waals surface area contributed by atoms with Crippen LogP contribution in [0.15, 0.2) is 12.4 Å². The second-order valence-corrected chi connectivity index (χ2v) is 4.63. The summed E-state index contributed by atoms with van der Waals surface area (Å²) in [5, 5.41) is 0. The number of nitrogens with one attached hydrogen (secondary N) is 1. The number of hydrogen-bond acceptors (Lipinski definition) is 4. The molecule has 0 aliphatic rings. The highest BCUT2D eigenvalue weighted by Gasteiger charge is 2.11. The number of rotatable bonds is 6. The quantitative estimate of drug-likeness (QED) is 0.571. The molecule has 1 aromatic heterocycles. The van der Waals surface area contributed by atoms with Gasteiger partial charge in [-0.15, -0.1) is 0 Å². The molecule has 0 saturated carbocycles. The van der Waals surface area contributed by atoms with Crippen LogP contribution in [-0.2, 0) is 0 Å². The zero-order valence-corrected chi connectivity index (χ0v) is 10.4. The molecule has 1 heterocycles. The van der Waals surface area contributed by atoms with E-state index in [0.29, 0.717) is 0 Å². The van der Waals surface area contributed by atoms with Crippen LogP contribution in [0.2, 0.25) is 0 Å². The molecular formula is C12H22N4. The molecule has 1 rings (SSSR count). The normalized spacial score (nSPS) is 13.1. The van der Waals surface area contributed by atoms with Gasteiger partial charge in [0, 0.05) is 6.20 Å². The lowest BCUT2D eigenvalue weighted by molar-refractivity contribution is 0.447. The van der Waals surface area contributed by atoms with Gasteiger partial charge in [0.1, 0.15) is 0 Å². The Morgan fingerprint density at radius 2 is 2.00 bits per heavy atom. The Labute approximate surface area is 97.7 Å². The average Bonchev–Trinajstić information content (AvgIpc) is 2.26. The molecule has 0 saturated heterocycles. The van der Waals surface area contributed by atoms with Crippen molar-refractivity contribution in [2.45, 2.75) is 46.1 Å². The Morgan fingerprint density at radius 1 is 1.25 bits per heavy atom. The highest BCUT2D eigenvalue weighted by atomic mass is 15.2. The van der Waals surface area contributed by atoms with Crippen LogP contribution in [0.5, 0.6) is 0 Å². The van der Waals surface area contributed by atoms with E-state index in [1.54, 1.807) is 12.4 Å². The first-order chi connectivity index (χ1) is 7.63. The first kappa shape index (κ1) is 13.1. The van der Waals surface area contributed by atoms with Gasteiger partial charge in [-0.2, -0.15) is 0 Å². The maximum absolute atomic E-state index is 5.54. The van der Waals surface area contributed by atoms with Crippen LogP contribution >= 0.6 is 0 Å². The third-order valence-electron chi connectivity index (χ3n) is 2.63. The van der Waals surface area contributed by atoms with Gasteiger partial charge in [-0.3, -0.25) is 21.2 Å². The fourth-order valence-corrected chi connectivity index (χ4v) is 1.63. The maximum Gasteiger partial charge on any atom is 0.0769 e. The summed E-state index contributed by atoms with van der Waals surface area (Å²) in [5.41, 5.74) is 4.67. The standard InChI is InChI=1S/C12H22N4/c1-9(2)5-4-6-11(16-13)12-8-14-10(3)7-15-12/h7-9,11,16H,4-6,13H2,1-3H3. The summed E-state index contributed by atoms with van der Waals surface area (Å²) in [6, 6.07) is 0.117. The zero-order valence-electron chi connectivity index (χ0n) is 10.4. The molecule has 0 amide bonds. The van der Waals surface area contributed by atoms with Crippen molar-refractivity contribution in [1.82, 2.24) is 15.4 Å². The summed E-state index contributed by atoms with van der Waals surface area (Å²) in [4.78, 5) is 8.58. The highest BCUT2D eigenvalue weighted by molar-refractivity contribution is 5.05. The number of nitrogens with zero attached hydrogens (tertiary/aromatic N) is 2. The van der Waals surface area contributed by atoms with Gasteiger partial charge in [0.25, 0.3) is 0 Å². The summed E-state index contributed by atoms with van der Waals surface area (Å²) in [7, 11) is 0. The van der Waals surface area contributed by atoms with E-state index in [-0.39, 0.29) is 6.04 Å². The predicted octanol–water partition coefficient (Wildman–Crippen LogP) is 2.12. The lowest BCUT2D eigenvalue weighted by Gasteiger charge is -2.15. The Morgan fingerprint density at radius 3 is 2.50 bits per heavy atom. The summed E-state index contributed by atoms with van der Waals surface area (Å²) < 4.78 is 0. The summed E-state index contributed by atoms with van der Waals surface area (Å²) in [5.74, 6) is 6.28. The fourth-order valence-electron chi connectivity index (χ4n) is 1.63. The summed E-state index contributed by atoms with van der Waals surface area (Å²) in [6.07, 6.45) is 6.96. The average molecular weight is 222 g/mol. The van der Waals surface area contributed by atoms with Crippen LogP contribution < -0.4 is 11.3 Å². The lowest BCUT2D eigenvalue weighted by Crippen LogP contribution is -2.28. The van der Waals surface area contributed by atoms with Gasteiger partial charge in [-0.25, -0.2) is 0 Å². The molecule has 16 heavy (non-hydrogen) atoms. The maximum atomic E-state index is 5.54. The summed E-state index contributed by atoms with van der Waals surface area (Å²) >= 11 is 0. The minimum atomic E-state index is 0.117. The molecule has 1 atom stereocenters. The smallest absolute Gasteiger partial charge is 0.0769 e. The van der Waals surface area contributed by atoms with Crippen molar-refractivity contribution in [2.75, 3.05) is 0 Å². The predicted molar refractivity (Wildman–Crippen MR) is 65.5 cm³/mol. The third kappa shape index (κ3) is 4.24. The van der Waals surface area contributed by atoms with Gasteiger partial charge >= 0.3 is 0 Å². The van der Waals surface area contributed by atoms with E-state index in [9.17, 15) is 0 Å². The number of nitrogens with two attached hydrogens (primary N) is 1. The van der Waals surface area contributed by atoms with Crippen molar-refractivity contribution < 1.29 is 0 Å². The second kappa shape index (κ2) is 6.55. The molecule has 0 spiro atoms. The first-order valence-corrected chi connectivity index (χ1v) is 5.88. The number of hydrogen-bond donors (Lipinski definition) is 2. The Bertz CT molecular complexity index is 294. The van der Waals surface area contributed by atoms with Gasteiger partial charge < -0.3 is 0 Å². The molecule has 0 aromatic carbocycles. The van der Waals surface area contributed by atoms with Crippen molar-refractivity contribution in [3.63, 3.8) is 0 Å². The van der Waals surface area contributed by atoms with Crippen LogP contribution in [0, 0.1) is 12.8 Å². The van der Waals surface area contributed by atoms with E-state index in [0.717, 1.165) is 30.1 Å². The molecule has 4 nitrogen and oxygen atoms in total. The molecule has 1 unspecified atom stereocenters. The minimum Gasteiger partial charge on any atom is -0.271 e. The second-order valence-electron chi connectivity index (χ2n) is 4.63. The largest absolute Gasteiger partial charge is 0.271 e. The van der Waals surface area contributed by atoms with Crippen LogP contribution in [-0.4, -0.2) is 9.97 Å². The van der Waals surface area contributed by atoms with Gasteiger partial charge in [-0.05, 0) is 19.3 Å². The van der Waals surface area contributed by atoms with Crippen LogP contribution in [0.1, 0.15) is 50.5 Å². The molecule has 0 aliphatic carbocycles. The van der Waals surface area contributed by atoms with Crippen LogP contribution in [0.25, 0.3) is 0 Å². The highest BCUT2D eigenvalue weighted by Crippen LogP contribution is 2.17. The molecule has 0 aliphatic heterocycles. The van der Waals surface area contributed by atoms with E-state index in [4.69, 9.17) is 5.84 Å². The van der Waals surface area contributed by atoms with E-state index in [1.165, 1.54) is 6.42 Å². The Kier molecular flexibility index (Phi) is 5.35. The van der Waals surface area contributed by atoms with E-state index >= 15 is 0 Å². The Hall–Kier alpha value is -1.00. The zero-order chi connectivity index (χ0) is 12.0. The van der Waals surface area contributed by atoms with Crippen molar-refractivity contribution >= 4 is 0 Å². The number of hydrazine groups is 1. The fraction of sp³-hybridized carbons (Fsp3) is 0.667. The van der Waals surface area contributed by atoms with Gasteiger partial charge in [0.15, 0.2) is 0 Å². The minimum absolute atomic E-state index is 0.117. The molecule has 0 radical (unpaired) electrons. The Balaban J connectivity index is 2.50. The van der Waals surface area contributed by atoms with Gasteiger partial charge in [0.2, 0.25) is 0 Å². The molecule has 90 valence electrons. The van der Waals surface area contributed by atoms with E-state index in [1.807, 2.05) is 6.92 Å².